The minimum Gasteiger partial charge on any atom is -0.396 e. The van der Waals surface area contributed by atoms with Crippen LogP contribution in [0.25, 0.3) is 0 Å². The van der Waals surface area contributed by atoms with Crippen molar-refractivity contribution in [1.29, 1.82) is 0 Å². The molecule has 1 rings (SSSR count). The highest BCUT2D eigenvalue weighted by Crippen LogP contribution is 2.10. The third kappa shape index (κ3) is 6.03. The molecule has 1 fully saturated rings. The molecule has 0 aromatic carbocycles. The molecule has 1 saturated heterocycles. The first kappa shape index (κ1) is 14.5. The topological polar surface area (TPSA) is 52.6 Å². The second-order valence-electron chi connectivity index (χ2n) is 4.86. The predicted octanol–water partition coefficient (Wildman–Crippen LogP) is 1.14. The van der Waals surface area contributed by atoms with E-state index in [0.717, 1.165) is 38.8 Å². The standard InChI is InChI=1S/C13H26N2O2/c1-2-8-15-9-6-12(7-10-15)14-13(17)5-3-4-11-16/h12,16H,2-11H2,1H3,(H,14,17). The number of carbonyl (C=O) groups is 1. The minimum atomic E-state index is 0.146. The average molecular weight is 242 g/mol. The van der Waals surface area contributed by atoms with E-state index >= 15 is 0 Å². The van der Waals surface area contributed by atoms with Crippen LogP contribution in [0, 0.1) is 0 Å². The lowest BCUT2D eigenvalue weighted by molar-refractivity contribution is -0.122. The minimum absolute atomic E-state index is 0.146. The van der Waals surface area contributed by atoms with E-state index in [2.05, 4.69) is 17.1 Å². The van der Waals surface area contributed by atoms with Crippen molar-refractivity contribution < 1.29 is 9.90 Å². The van der Waals surface area contributed by atoms with Crippen LogP contribution in [0.4, 0.5) is 0 Å². The molecule has 0 aromatic rings. The molecule has 0 spiro atoms. The number of nitrogens with zero attached hydrogens (tertiary/aromatic N) is 1. The Balaban J connectivity index is 2.10. The number of aliphatic hydroxyl groups excluding tert-OH is 1. The molecule has 100 valence electrons. The lowest BCUT2D eigenvalue weighted by Crippen LogP contribution is -2.44. The quantitative estimate of drug-likeness (QED) is 0.658. The average Bonchev–Trinajstić information content (AvgIpc) is 2.32. The van der Waals surface area contributed by atoms with Crippen molar-refractivity contribution >= 4 is 5.91 Å². The zero-order valence-electron chi connectivity index (χ0n) is 11.0. The van der Waals surface area contributed by atoms with Crippen LogP contribution in [0.15, 0.2) is 0 Å². The summed E-state index contributed by atoms with van der Waals surface area (Å²) in [5, 5.41) is 11.7. The number of carbonyl (C=O) groups excluding carboxylic acids is 1. The molecule has 4 heteroatoms. The Morgan fingerprint density at radius 1 is 1.35 bits per heavy atom. The number of unbranched alkanes of at least 4 members (excludes halogenated alkanes) is 1. The molecule has 4 nitrogen and oxygen atoms in total. The van der Waals surface area contributed by atoms with Crippen molar-refractivity contribution in [1.82, 2.24) is 10.2 Å². The first-order valence-corrected chi connectivity index (χ1v) is 6.88. The van der Waals surface area contributed by atoms with E-state index in [-0.39, 0.29) is 12.5 Å². The summed E-state index contributed by atoms with van der Waals surface area (Å²) in [6.45, 7) is 5.78. The van der Waals surface area contributed by atoms with Crippen LogP contribution in [-0.2, 0) is 4.79 Å². The van der Waals surface area contributed by atoms with Gasteiger partial charge in [0.25, 0.3) is 0 Å². The molecule has 0 radical (unpaired) electrons. The van der Waals surface area contributed by atoms with Crippen molar-refractivity contribution in [2.24, 2.45) is 0 Å². The molecule has 0 atom stereocenters. The number of hydrogen-bond donors (Lipinski definition) is 2. The Morgan fingerprint density at radius 2 is 2.06 bits per heavy atom. The Labute approximate surface area is 104 Å². The molecule has 0 unspecified atom stereocenters. The number of aliphatic hydroxyl groups is 1. The van der Waals surface area contributed by atoms with Gasteiger partial charge in [0.15, 0.2) is 0 Å². The lowest BCUT2D eigenvalue weighted by Gasteiger charge is -2.32. The smallest absolute Gasteiger partial charge is 0.220 e. The summed E-state index contributed by atoms with van der Waals surface area (Å²) in [5.74, 6) is 0.146. The monoisotopic (exact) mass is 242 g/mol. The van der Waals surface area contributed by atoms with Gasteiger partial charge in [-0.25, -0.2) is 0 Å². The normalized spacial score (nSPS) is 18.2. The highest BCUT2D eigenvalue weighted by atomic mass is 16.2. The van der Waals surface area contributed by atoms with Gasteiger partial charge in [0.05, 0.1) is 0 Å². The van der Waals surface area contributed by atoms with E-state index in [1.807, 2.05) is 0 Å². The third-order valence-electron chi connectivity index (χ3n) is 3.30. The molecule has 17 heavy (non-hydrogen) atoms. The van der Waals surface area contributed by atoms with Crippen LogP contribution in [0.1, 0.15) is 45.4 Å². The number of nitrogens with one attached hydrogen (secondary N) is 1. The molecule has 1 aliphatic rings. The zero-order valence-corrected chi connectivity index (χ0v) is 11.0. The van der Waals surface area contributed by atoms with Crippen molar-refractivity contribution in [3.8, 4) is 0 Å². The fourth-order valence-corrected chi connectivity index (χ4v) is 2.31. The maximum Gasteiger partial charge on any atom is 0.220 e. The van der Waals surface area contributed by atoms with Gasteiger partial charge in [-0.3, -0.25) is 4.79 Å². The van der Waals surface area contributed by atoms with E-state index < -0.39 is 0 Å². The molecule has 1 heterocycles. The fraction of sp³-hybridized carbons (Fsp3) is 0.923. The van der Waals surface area contributed by atoms with E-state index in [4.69, 9.17) is 5.11 Å². The molecule has 1 aliphatic heterocycles. The van der Waals surface area contributed by atoms with Crippen LogP contribution in [0.5, 0.6) is 0 Å². The molecule has 0 bridgehead atoms. The molecule has 2 N–H and O–H groups in total. The van der Waals surface area contributed by atoms with Crippen LogP contribution < -0.4 is 5.32 Å². The van der Waals surface area contributed by atoms with Gasteiger partial charge < -0.3 is 15.3 Å². The Morgan fingerprint density at radius 3 is 2.65 bits per heavy atom. The third-order valence-corrected chi connectivity index (χ3v) is 3.30. The maximum absolute atomic E-state index is 11.6. The van der Waals surface area contributed by atoms with Crippen molar-refractivity contribution in [2.45, 2.75) is 51.5 Å². The van der Waals surface area contributed by atoms with Gasteiger partial charge in [0.1, 0.15) is 0 Å². The summed E-state index contributed by atoms with van der Waals surface area (Å²) in [6, 6.07) is 0.365. The summed E-state index contributed by atoms with van der Waals surface area (Å²) in [4.78, 5) is 14.1. The maximum atomic E-state index is 11.6. The molecule has 0 aliphatic carbocycles. The first-order chi connectivity index (χ1) is 8.26. The van der Waals surface area contributed by atoms with Crippen molar-refractivity contribution in [3.05, 3.63) is 0 Å². The largest absolute Gasteiger partial charge is 0.396 e. The summed E-state index contributed by atoms with van der Waals surface area (Å²) in [6.07, 6.45) is 5.42. The van der Waals surface area contributed by atoms with Gasteiger partial charge in [-0.15, -0.1) is 0 Å². The summed E-state index contributed by atoms with van der Waals surface area (Å²) < 4.78 is 0. The highest BCUT2D eigenvalue weighted by molar-refractivity contribution is 5.76. The predicted molar refractivity (Wildman–Crippen MR) is 68.8 cm³/mol. The number of rotatable bonds is 7. The first-order valence-electron chi connectivity index (χ1n) is 6.88. The molecule has 0 aromatic heterocycles. The van der Waals surface area contributed by atoms with Crippen LogP contribution in [0.2, 0.25) is 0 Å². The number of hydrogen-bond acceptors (Lipinski definition) is 3. The van der Waals surface area contributed by atoms with Gasteiger partial charge in [0, 0.05) is 32.2 Å². The number of amides is 1. The van der Waals surface area contributed by atoms with E-state index in [0.29, 0.717) is 12.5 Å². The van der Waals surface area contributed by atoms with Gasteiger partial charge in [-0.2, -0.15) is 0 Å². The summed E-state index contributed by atoms with van der Waals surface area (Å²) >= 11 is 0. The molecule has 1 amide bonds. The molecule has 0 saturated carbocycles. The Kier molecular flexibility index (Phi) is 7.21. The number of likely N-dealkylation sites (tertiary alicyclic amines) is 1. The highest BCUT2D eigenvalue weighted by Gasteiger charge is 2.19. The summed E-state index contributed by atoms with van der Waals surface area (Å²) in [5.41, 5.74) is 0. The van der Waals surface area contributed by atoms with E-state index in [1.165, 1.54) is 13.0 Å². The SMILES string of the molecule is CCCN1CCC(NC(=O)CCCCO)CC1. The molecular formula is C13H26N2O2. The Bertz CT molecular complexity index is 213. The van der Waals surface area contributed by atoms with Crippen LogP contribution in [0.3, 0.4) is 0 Å². The van der Waals surface area contributed by atoms with Gasteiger partial charge in [0.2, 0.25) is 5.91 Å². The Hall–Kier alpha value is -0.610. The van der Waals surface area contributed by atoms with Crippen molar-refractivity contribution in [2.75, 3.05) is 26.2 Å². The van der Waals surface area contributed by atoms with Gasteiger partial charge in [-0.1, -0.05) is 6.92 Å². The fourth-order valence-electron chi connectivity index (χ4n) is 2.31. The van der Waals surface area contributed by atoms with Crippen molar-refractivity contribution in [3.63, 3.8) is 0 Å². The van der Waals surface area contributed by atoms with Crippen LogP contribution >= 0.6 is 0 Å². The number of piperidine rings is 1. The lowest BCUT2D eigenvalue weighted by atomic mass is 10.0. The summed E-state index contributed by atoms with van der Waals surface area (Å²) in [7, 11) is 0. The second-order valence-corrected chi connectivity index (χ2v) is 4.86. The van der Waals surface area contributed by atoms with E-state index in [9.17, 15) is 4.79 Å². The van der Waals surface area contributed by atoms with Crippen LogP contribution in [-0.4, -0.2) is 48.2 Å². The zero-order chi connectivity index (χ0) is 12.5. The molecular weight excluding hydrogens is 216 g/mol. The van der Waals surface area contributed by atoms with E-state index in [1.54, 1.807) is 0 Å². The van der Waals surface area contributed by atoms with Gasteiger partial charge >= 0.3 is 0 Å². The van der Waals surface area contributed by atoms with Gasteiger partial charge in [-0.05, 0) is 38.6 Å². The second kappa shape index (κ2) is 8.48.